The molecule has 2 rings (SSSR count). The standard InChI is InChI=1S/C12H17N5S.ClH/c1-12(2)16-10(13)15-11(14)17(12)8-4-6-9(18-3)7-5-8;/h4-7H,1-3H3,(H4,13,14,15,16);1H. The van der Waals surface area contributed by atoms with Crippen molar-refractivity contribution in [3.8, 4) is 0 Å². The lowest BCUT2D eigenvalue weighted by atomic mass is 10.1. The molecule has 1 aliphatic rings. The SMILES string of the molecule is CSc1ccc(N2C(N)=NC(N)=NC2(C)C)cc1.Cl. The molecular formula is C12H18ClN5S. The fraction of sp³-hybridized carbons (Fsp3) is 0.333. The Kier molecular flexibility index (Phi) is 4.70. The van der Waals surface area contributed by atoms with Crippen molar-refractivity contribution >= 4 is 41.8 Å². The number of rotatable bonds is 2. The van der Waals surface area contributed by atoms with E-state index in [1.165, 1.54) is 4.90 Å². The van der Waals surface area contributed by atoms with Gasteiger partial charge in [-0.2, -0.15) is 4.99 Å². The molecule has 1 aromatic carbocycles. The van der Waals surface area contributed by atoms with Crippen molar-refractivity contribution in [3.63, 3.8) is 0 Å². The lowest BCUT2D eigenvalue weighted by Crippen LogP contribution is -2.54. The van der Waals surface area contributed by atoms with Gasteiger partial charge in [0.1, 0.15) is 5.66 Å². The minimum Gasteiger partial charge on any atom is -0.369 e. The number of hydrogen-bond acceptors (Lipinski definition) is 6. The second-order valence-electron chi connectivity index (χ2n) is 4.47. The highest BCUT2D eigenvalue weighted by atomic mass is 35.5. The summed E-state index contributed by atoms with van der Waals surface area (Å²) in [5.41, 5.74) is 12.0. The minimum absolute atomic E-state index is 0. The molecule has 0 amide bonds. The first-order valence-corrected chi connectivity index (χ1v) is 6.80. The van der Waals surface area contributed by atoms with Gasteiger partial charge in [-0.1, -0.05) is 0 Å². The third-order valence-corrected chi connectivity index (χ3v) is 3.47. The van der Waals surface area contributed by atoms with Gasteiger partial charge in [0.25, 0.3) is 0 Å². The van der Waals surface area contributed by atoms with Crippen LogP contribution >= 0.6 is 24.2 Å². The van der Waals surface area contributed by atoms with Crippen LogP contribution < -0.4 is 16.4 Å². The lowest BCUT2D eigenvalue weighted by Gasteiger charge is -2.38. The van der Waals surface area contributed by atoms with Gasteiger partial charge in [0.05, 0.1) is 0 Å². The first-order chi connectivity index (χ1) is 8.44. The van der Waals surface area contributed by atoms with Crippen LogP contribution in [0.3, 0.4) is 0 Å². The Bertz CT molecular complexity index is 509. The van der Waals surface area contributed by atoms with Crippen LogP contribution in [0.2, 0.25) is 0 Å². The quantitative estimate of drug-likeness (QED) is 0.819. The summed E-state index contributed by atoms with van der Waals surface area (Å²) in [6.45, 7) is 3.90. The first kappa shape index (κ1) is 15.7. The topological polar surface area (TPSA) is 80.0 Å². The molecule has 104 valence electrons. The van der Waals surface area contributed by atoms with E-state index >= 15 is 0 Å². The van der Waals surface area contributed by atoms with Gasteiger partial charge in [-0.3, -0.25) is 4.90 Å². The molecule has 1 heterocycles. The summed E-state index contributed by atoms with van der Waals surface area (Å²) in [5.74, 6) is 0.582. The molecule has 0 spiro atoms. The van der Waals surface area contributed by atoms with Crippen LogP contribution in [0, 0.1) is 0 Å². The number of nitrogens with two attached hydrogens (primary N) is 2. The number of nitrogens with zero attached hydrogens (tertiary/aromatic N) is 3. The van der Waals surface area contributed by atoms with Gasteiger partial charge in [0.15, 0.2) is 0 Å². The van der Waals surface area contributed by atoms with Crippen LogP contribution in [0.5, 0.6) is 0 Å². The summed E-state index contributed by atoms with van der Waals surface area (Å²) in [5, 5.41) is 0. The molecule has 1 aliphatic heterocycles. The van der Waals surface area contributed by atoms with Gasteiger partial charge in [-0.25, -0.2) is 4.99 Å². The summed E-state index contributed by atoms with van der Waals surface area (Å²) in [6.07, 6.45) is 2.04. The molecule has 0 saturated heterocycles. The second kappa shape index (κ2) is 5.71. The van der Waals surface area contributed by atoms with Crippen LogP contribution in [0.15, 0.2) is 39.1 Å². The van der Waals surface area contributed by atoms with Gasteiger partial charge in [0, 0.05) is 10.6 Å². The van der Waals surface area contributed by atoms with Crippen molar-refractivity contribution in [2.45, 2.75) is 24.4 Å². The molecule has 7 heteroatoms. The fourth-order valence-electron chi connectivity index (χ4n) is 1.98. The van der Waals surface area contributed by atoms with Crippen molar-refractivity contribution in [1.82, 2.24) is 0 Å². The Morgan fingerprint density at radius 1 is 1.16 bits per heavy atom. The van der Waals surface area contributed by atoms with E-state index in [0.29, 0.717) is 5.96 Å². The Hall–Kier alpha value is -1.40. The predicted molar refractivity (Wildman–Crippen MR) is 85.3 cm³/mol. The van der Waals surface area contributed by atoms with Gasteiger partial charge >= 0.3 is 0 Å². The van der Waals surface area contributed by atoms with E-state index in [2.05, 4.69) is 9.98 Å². The maximum Gasteiger partial charge on any atom is 0.220 e. The average molecular weight is 300 g/mol. The van der Waals surface area contributed by atoms with Crippen LogP contribution in [0.25, 0.3) is 0 Å². The van der Waals surface area contributed by atoms with Crippen molar-refractivity contribution < 1.29 is 0 Å². The number of anilines is 1. The smallest absolute Gasteiger partial charge is 0.220 e. The van der Waals surface area contributed by atoms with E-state index in [-0.39, 0.29) is 18.4 Å². The zero-order valence-electron chi connectivity index (χ0n) is 11.1. The number of guanidine groups is 2. The molecule has 0 radical (unpaired) electrons. The van der Waals surface area contributed by atoms with E-state index < -0.39 is 5.66 Å². The Labute approximate surface area is 123 Å². The van der Waals surface area contributed by atoms with Crippen molar-refractivity contribution in [2.24, 2.45) is 21.5 Å². The van der Waals surface area contributed by atoms with Gasteiger partial charge in [0.2, 0.25) is 11.9 Å². The molecule has 0 aliphatic carbocycles. The molecule has 0 fully saturated rings. The fourth-order valence-corrected chi connectivity index (χ4v) is 2.39. The molecule has 1 aromatic rings. The van der Waals surface area contributed by atoms with E-state index in [1.54, 1.807) is 11.8 Å². The second-order valence-corrected chi connectivity index (χ2v) is 5.35. The van der Waals surface area contributed by atoms with Gasteiger partial charge in [-0.15, -0.1) is 24.2 Å². The third kappa shape index (κ3) is 3.13. The first-order valence-electron chi connectivity index (χ1n) is 5.58. The molecule has 4 N–H and O–H groups in total. The zero-order valence-corrected chi connectivity index (χ0v) is 12.8. The van der Waals surface area contributed by atoms with Gasteiger partial charge < -0.3 is 11.5 Å². The number of halogens is 1. The summed E-state index contributed by atoms with van der Waals surface area (Å²) >= 11 is 1.70. The monoisotopic (exact) mass is 299 g/mol. The molecule has 5 nitrogen and oxygen atoms in total. The summed E-state index contributed by atoms with van der Waals surface area (Å²) in [4.78, 5) is 11.4. The summed E-state index contributed by atoms with van der Waals surface area (Å²) in [6, 6.07) is 8.11. The molecule has 0 unspecified atom stereocenters. The molecule has 0 saturated carbocycles. The molecule has 0 aromatic heterocycles. The Balaban J connectivity index is 0.00000180. The number of benzene rings is 1. The molecule has 0 atom stereocenters. The normalized spacial score (nSPS) is 17.3. The van der Waals surface area contributed by atoms with Crippen molar-refractivity contribution in [1.29, 1.82) is 0 Å². The summed E-state index contributed by atoms with van der Waals surface area (Å²) < 4.78 is 0. The van der Waals surface area contributed by atoms with E-state index in [1.807, 2.05) is 49.3 Å². The van der Waals surface area contributed by atoms with Crippen molar-refractivity contribution in [3.05, 3.63) is 24.3 Å². The van der Waals surface area contributed by atoms with E-state index in [0.717, 1.165) is 5.69 Å². The van der Waals surface area contributed by atoms with Crippen molar-refractivity contribution in [2.75, 3.05) is 11.2 Å². The molecule has 0 bridgehead atoms. The van der Waals surface area contributed by atoms with E-state index in [4.69, 9.17) is 11.5 Å². The Morgan fingerprint density at radius 2 is 1.74 bits per heavy atom. The number of aliphatic imine (C=N–C) groups is 2. The number of thioether (sulfide) groups is 1. The predicted octanol–water partition coefficient (Wildman–Crippen LogP) is 2.02. The van der Waals surface area contributed by atoms with Crippen LogP contribution in [-0.4, -0.2) is 23.8 Å². The largest absolute Gasteiger partial charge is 0.369 e. The van der Waals surface area contributed by atoms with Crippen LogP contribution in [0.1, 0.15) is 13.8 Å². The third-order valence-electron chi connectivity index (χ3n) is 2.72. The molecule has 19 heavy (non-hydrogen) atoms. The van der Waals surface area contributed by atoms with E-state index in [9.17, 15) is 0 Å². The average Bonchev–Trinajstić information content (AvgIpc) is 2.27. The zero-order chi connectivity index (χ0) is 13.3. The Morgan fingerprint density at radius 3 is 2.21 bits per heavy atom. The highest BCUT2D eigenvalue weighted by molar-refractivity contribution is 7.98. The highest BCUT2D eigenvalue weighted by Crippen LogP contribution is 2.28. The number of hydrogen-bond donors (Lipinski definition) is 2. The maximum atomic E-state index is 5.96. The lowest BCUT2D eigenvalue weighted by molar-refractivity contribution is 0.534. The van der Waals surface area contributed by atoms with Gasteiger partial charge in [-0.05, 0) is 44.4 Å². The summed E-state index contributed by atoms with van der Waals surface area (Å²) in [7, 11) is 0. The van der Waals surface area contributed by atoms with Crippen LogP contribution in [0.4, 0.5) is 5.69 Å². The maximum absolute atomic E-state index is 5.96. The molecular weight excluding hydrogens is 282 g/mol. The minimum atomic E-state index is -0.531. The van der Waals surface area contributed by atoms with Crippen LogP contribution in [-0.2, 0) is 0 Å². The highest BCUT2D eigenvalue weighted by Gasteiger charge is 2.32.